The number of nitrogens with one attached hydrogen (secondary N) is 1. The lowest BCUT2D eigenvalue weighted by molar-refractivity contribution is -0.137. The fraction of sp³-hybridized carbons (Fsp3) is 0.250. The van der Waals surface area contributed by atoms with E-state index in [1.807, 2.05) is 6.92 Å². The van der Waals surface area contributed by atoms with Crippen LogP contribution in [0.2, 0.25) is 0 Å². The summed E-state index contributed by atoms with van der Waals surface area (Å²) in [5, 5.41) is 3.97. The number of halogens is 4. The van der Waals surface area contributed by atoms with Crippen LogP contribution >= 0.6 is 15.9 Å². The Kier molecular flexibility index (Phi) is 6.24. The molecule has 5 nitrogen and oxygen atoms in total. The van der Waals surface area contributed by atoms with E-state index in [2.05, 4.69) is 31.4 Å². The highest BCUT2D eigenvalue weighted by atomic mass is 79.9. The number of pyridine rings is 1. The Labute approximate surface area is 151 Å². The maximum Gasteiger partial charge on any atom is 0.417 e. The van der Waals surface area contributed by atoms with Gasteiger partial charge in [-0.05, 0) is 47.1 Å². The summed E-state index contributed by atoms with van der Waals surface area (Å²) < 4.78 is 48.9. The van der Waals surface area contributed by atoms with Crippen LogP contribution in [-0.4, -0.2) is 24.9 Å². The van der Waals surface area contributed by atoms with Crippen molar-refractivity contribution < 1.29 is 22.6 Å². The SMILES string of the molecule is CCOc1cc(Br)c(/C=N\Nc2ccc(C(F)(F)F)cn2)cc1OC. The number of aromatic nitrogens is 1. The van der Waals surface area contributed by atoms with Gasteiger partial charge in [0.1, 0.15) is 5.82 Å². The maximum absolute atomic E-state index is 12.5. The lowest BCUT2D eigenvalue weighted by atomic mass is 10.2. The average Bonchev–Trinajstić information content (AvgIpc) is 2.56. The number of hydrogen-bond acceptors (Lipinski definition) is 5. The summed E-state index contributed by atoms with van der Waals surface area (Å²) in [6.07, 6.45) is -2.19. The van der Waals surface area contributed by atoms with Crippen LogP contribution in [0.25, 0.3) is 0 Å². The molecule has 1 aromatic heterocycles. The molecule has 0 bridgehead atoms. The molecular formula is C16H15BrF3N3O2. The molecule has 9 heteroatoms. The van der Waals surface area contributed by atoms with Gasteiger partial charge >= 0.3 is 6.18 Å². The number of ether oxygens (including phenoxy) is 2. The minimum atomic E-state index is -4.42. The van der Waals surface area contributed by atoms with E-state index in [-0.39, 0.29) is 5.82 Å². The summed E-state index contributed by atoms with van der Waals surface area (Å²) in [6.45, 7) is 2.36. The number of rotatable bonds is 6. The summed E-state index contributed by atoms with van der Waals surface area (Å²) in [5.41, 5.74) is 2.45. The molecule has 0 fully saturated rings. The molecule has 25 heavy (non-hydrogen) atoms. The fourth-order valence-electron chi connectivity index (χ4n) is 1.87. The number of anilines is 1. The van der Waals surface area contributed by atoms with E-state index in [9.17, 15) is 13.2 Å². The zero-order chi connectivity index (χ0) is 18.4. The maximum atomic E-state index is 12.5. The van der Waals surface area contributed by atoms with Crippen LogP contribution in [0.3, 0.4) is 0 Å². The largest absolute Gasteiger partial charge is 0.493 e. The summed E-state index contributed by atoms with van der Waals surface area (Å²) in [6, 6.07) is 5.61. The molecule has 0 aliphatic rings. The van der Waals surface area contributed by atoms with Crippen molar-refractivity contribution >= 4 is 28.0 Å². The molecule has 0 radical (unpaired) electrons. The van der Waals surface area contributed by atoms with E-state index in [0.29, 0.717) is 23.7 Å². The minimum Gasteiger partial charge on any atom is -0.493 e. The molecule has 1 N–H and O–H groups in total. The van der Waals surface area contributed by atoms with Crippen LogP contribution in [0.4, 0.5) is 19.0 Å². The van der Waals surface area contributed by atoms with E-state index in [4.69, 9.17) is 9.47 Å². The van der Waals surface area contributed by atoms with Crippen molar-refractivity contribution in [2.45, 2.75) is 13.1 Å². The molecule has 0 aliphatic heterocycles. The Hall–Kier alpha value is -2.29. The number of hydrogen-bond donors (Lipinski definition) is 1. The molecule has 2 rings (SSSR count). The Bertz CT molecular complexity index is 750. The highest BCUT2D eigenvalue weighted by Gasteiger charge is 2.30. The molecule has 1 aromatic carbocycles. The van der Waals surface area contributed by atoms with E-state index < -0.39 is 11.7 Å². The van der Waals surface area contributed by atoms with Gasteiger partial charge in [0.05, 0.1) is 25.5 Å². The van der Waals surface area contributed by atoms with Crippen molar-refractivity contribution in [1.82, 2.24) is 4.98 Å². The van der Waals surface area contributed by atoms with Crippen LogP contribution < -0.4 is 14.9 Å². The highest BCUT2D eigenvalue weighted by Crippen LogP contribution is 2.33. The Balaban J connectivity index is 2.11. The minimum absolute atomic E-state index is 0.193. The van der Waals surface area contributed by atoms with Gasteiger partial charge in [-0.3, -0.25) is 5.43 Å². The number of alkyl halides is 3. The second-order valence-corrected chi connectivity index (χ2v) is 5.61. The first-order valence-electron chi connectivity index (χ1n) is 7.17. The Morgan fingerprint density at radius 3 is 2.60 bits per heavy atom. The van der Waals surface area contributed by atoms with Gasteiger partial charge < -0.3 is 9.47 Å². The smallest absolute Gasteiger partial charge is 0.417 e. The predicted molar refractivity (Wildman–Crippen MR) is 92.3 cm³/mol. The molecule has 2 aromatic rings. The number of nitrogens with zero attached hydrogens (tertiary/aromatic N) is 2. The molecule has 134 valence electrons. The number of methoxy groups -OCH3 is 1. The molecular weight excluding hydrogens is 403 g/mol. The van der Waals surface area contributed by atoms with Crippen LogP contribution in [0, 0.1) is 0 Å². The predicted octanol–water partition coefficient (Wildman–Crippen LogP) is 4.72. The molecule has 0 aliphatic carbocycles. The van der Waals surface area contributed by atoms with E-state index in [1.165, 1.54) is 19.4 Å². The lowest BCUT2D eigenvalue weighted by Gasteiger charge is -2.11. The van der Waals surface area contributed by atoms with Gasteiger partial charge in [-0.25, -0.2) is 4.98 Å². The number of hydrazone groups is 1. The van der Waals surface area contributed by atoms with Gasteiger partial charge in [-0.1, -0.05) is 0 Å². The summed E-state index contributed by atoms with van der Waals surface area (Å²) in [7, 11) is 1.52. The van der Waals surface area contributed by atoms with Gasteiger partial charge in [-0.15, -0.1) is 0 Å². The standard InChI is InChI=1S/C16H15BrF3N3O2/c1-3-25-14-7-12(17)10(6-13(14)24-2)8-22-23-15-5-4-11(9-21-15)16(18,19)20/h4-9H,3H2,1-2H3,(H,21,23)/b22-8-. The van der Waals surface area contributed by atoms with Gasteiger partial charge in [0.25, 0.3) is 0 Å². The topological polar surface area (TPSA) is 55.7 Å². The van der Waals surface area contributed by atoms with Crippen molar-refractivity contribution in [3.63, 3.8) is 0 Å². The third-order valence-corrected chi connectivity index (χ3v) is 3.74. The molecule has 0 spiro atoms. The first-order valence-corrected chi connectivity index (χ1v) is 7.97. The van der Waals surface area contributed by atoms with Crippen molar-refractivity contribution in [3.8, 4) is 11.5 Å². The van der Waals surface area contributed by atoms with Gasteiger partial charge in [-0.2, -0.15) is 18.3 Å². The summed E-state index contributed by atoms with van der Waals surface area (Å²) in [5.74, 6) is 1.32. The van der Waals surface area contributed by atoms with Crippen LogP contribution in [0.15, 0.2) is 40.0 Å². The third-order valence-electron chi connectivity index (χ3n) is 3.06. The Morgan fingerprint density at radius 2 is 2.04 bits per heavy atom. The van der Waals surface area contributed by atoms with Crippen molar-refractivity contribution in [3.05, 3.63) is 46.1 Å². The number of benzene rings is 1. The average molecular weight is 418 g/mol. The molecule has 0 amide bonds. The van der Waals surface area contributed by atoms with E-state index in [1.54, 1.807) is 12.1 Å². The summed E-state index contributed by atoms with van der Waals surface area (Å²) >= 11 is 3.40. The van der Waals surface area contributed by atoms with Crippen molar-refractivity contribution in [2.75, 3.05) is 19.1 Å². The molecule has 0 saturated heterocycles. The fourth-order valence-corrected chi connectivity index (χ4v) is 2.30. The van der Waals surface area contributed by atoms with Gasteiger partial charge in [0.2, 0.25) is 0 Å². The van der Waals surface area contributed by atoms with Crippen LogP contribution in [0.1, 0.15) is 18.1 Å². The van der Waals surface area contributed by atoms with Crippen LogP contribution in [0.5, 0.6) is 11.5 Å². The Morgan fingerprint density at radius 1 is 1.28 bits per heavy atom. The third kappa shape index (κ3) is 5.09. The molecule has 0 unspecified atom stereocenters. The van der Waals surface area contributed by atoms with Crippen LogP contribution in [-0.2, 0) is 6.18 Å². The quantitative estimate of drug-likeness (QED) is 0.545. The zero-order valence-electron chi connectivity index (χ0n) is 13.4. The molecule has 0 saturated carbocycles. The lowest BCUT2D eigenvalue weighted by Crippen LogP contribution is -2.05. The zero-order valence-corrected chi connectivity index (χ0v) is 15.0. The second kappa shape index (κ2) is 8.19. The highest BCUT2D eigenvalue weighted by molar-refractivity contribution is 9.10. The van der Waals surface area contributed by atoms with E-state index >= 15 is 0 Å². The van der Waals surface area contributed by atoms with Crippen molar-refractivity contribution in [1.29, 1.82) is 0 Å². The first kappa shape index (κ1) is 19.0. The normalized spacial score (nSPS) is 11.6. The second-order valence-electron chi connectivity index (χ2n) is 4.76. The van der Waals surface area contributed by atoms with E-state index in [0.717, 1.165) is 16.7 Å². The molecule has 0 atom stereocenters. The monoisotopic (exact) mass is 417 g/mol. The van der Waals surface area contributed by atoms with Crippen molar-refractivity contribution in [2.24, 2.45) is 5.10 Å². The summed E-state index contributed by atoms with van der Waals surface area (Å²) in [4.78, 5) is 3.67. The van der Waals surface area contributed by atoms with Gasteiger partial charge in [0.15, 0.2) is 11.5 Å². The van der Waals surface area contributed by atoms with Gasteiger partial charge in [0, 0.05) is 16.2 Å². The molecule has 1 heterocycles. The first-order chi connectivity index (χ1) is 11.8.